The molecule has 0 aliphatic heterocycles. The summed E-state index contributed by atoms with van der Waals surface area (Å²) >= 11 is 0. The second kappa shape index (κ2) is 7.42. The van der Waals surface area contributed by atoms with E-state index in [1.807, 2.05) is 38.2 Å². The molecule has 2 atom stereocenters. The van der Waals surface area contributed by atoms with E-state index in [1.165, 1.54) is 0 Å². The summed E-state index contributed by atoms with van der Waals surface area (Å²) in [5, 5.41) is 22.6. The molecule has 4 aliphatic rings. The molecule has 0 spiro atoms. The quantitative estimate of drug-likeness (QED) is 0.435. The average molecular weight is 396 g/mol. The summed E-state index contributed by atoms with van der Waals surface area (Å²) in [5.74, 6) is 0.977. The first-order valence-corrected chi connectivity index (χ1v) is 10.3. The van der Waals surface area contributed by atoms with Crippen molar-refractivity contribution in [3.05, 3.63) is 30.1 Å². The van der Waals surface area contributed by atoms with Crippen LogP contribution < -0.4 is 5.32 Å². The summed E-state index contributed by atoms with van der Waals surface area (Å²) in [6.45, 7) is 4.11. The van der Waals surface area contributed by atoms with Gasteiger partial charge in [-0.2, -0.15) is 10.3 Å². The molecule has 29 heavy (non-hydrogen) atoms. The second-order valence-electron chi connectivity index (χ2n) is 9.41. The number of aliphatic imine (C=N–C) groups is 1. The zero-order chi connectivity index (χ0) is 20.6. The van der Waals surface area contributed by atoms with Gasteiger partial charge in [-0.3, -0.25) is 9.78 Å². The van der Waals surface area contributed by atoms with Crippen LogP contribution >= 0.6 is 0 Å². The maximum absolute atomic E-state index is 12.0. The molecule has 0 amide bonds. The maximum Gasteiger partial charge on any atom is 0.309 e. The molecule has 7 nitrogen and oxygen atoms in total. The van der Waals surface area contributed by atoms with E-state index < -0.39 is 17.0 Å². The second-order valence-corrected chi connectivity index (χ2v) is 9.41. The normalized spacial score (nSPS) is 33.3. The molecular weight excluding hydrogens is 368 g/mol. The summed E-state index contributed by atoms with van der Waals surface area (Å²) in [6, 6.07) is 5.81. The van der Waals surface area contributed by atoms with Gasteiger partial charge in [0, 0.05) is 12.2 Å². The van der Waals surface area contributed by atoms with Crippen LogP contribution in [0.3, 0.4) is 0 Å². The third-order valence-corrected chi connectivity index (χ3v) is 7.07. The van der Waals surface area contributed by atoms with E-state index in [2.05, 4.69) is 15.3 Å². The number of nitrogens with zero attached hydrogens (tertiary/aromatic N) is 3. The molecule has 2 unspecified atom stereocenters. The van der Waals surface area contributed by atoms with E-state index in [1.54, 1.807) is 6.20 Å². The molecule has 2 N–H and O–H groups in total. The van der Waals surface area contributed by atoms with Crippen LogP contribution in [0.1, 0.15) is 51.6 Å². The fraction of sp³-hybridized carbons (Fsp3) is 0.636. The fourth-order valence-corrected chi connectivity index (χ4v) is 5.88. The van der Waals surface area contributed by atoms with E-state index in [-0.39, 0.29) is 6.04 Å². The Morgan fingerprint density at radius 1 is 1.38 bits per heavy atom. The summed E-state index contributed by atoms with van der Waals surface area (Å²) in [5.41, 5.74) is -0.520. The number of ether oxygens (including phenoxy) is 1. The Labute approximate surface area is 171 Å². The molecule has 0 aromatic carbocycles. The van der Waals surface area contributed by atoms with Gasteiger partial charge in [-0.05, 0) is 75.8 Å². The van der Waals surface area contributed by atoms with Gasteiger partial charge in [0.15, 0.2) is 0 Å². The average Bonchev–Trinajstić information content (AvgIpc) is 2.68. The lowest BCUT2D eigenvalue weighted by molar-refractivity contribution is -0.166. The van der Waals surface area contributed by atoms with Gasteiger partial charge in [0.25, 0.3) is 0 Å². The van der Waals surface area contributed by atoms with Gasteiger partial charge in [-0.1, -0.05) is 6.07 Å². The van der Waals surface area contributed by atoms with Crippen molar-refractivity contribution in [3.8, 4) is 6.19 Å². The van der Waals surface area contributed by atoms with Crippen molar-refractivity contribution in [1.29, 1.82) is 5.26 Å². The number of hydrogen-bond acceptors (Lipinski definition) is 5. The van der Waals surface area contributed by atoms with Crippen molar-refractivity contribution in [2.24, 2.45) is 28.2 Å². The maximum atomic E-state index is 12.0. The first-order chi connectivity index (χ1) is 13.8. The SMILES string of the molecule is CC(C)(OCc1ccccn1)/C(=N\C#N)NC1C2CC3CC1CC(C(=O)O)(C3)C2. The van der Waals surface area contributed by atoms with Crippen LogP contribution in [0.4, 0.5) is 0 Å². The fourth-order valence-electron chi connectivity index (χ4n) is 5.88. The van der Waals surface area contributed by atoms with Crippen LogP contribution in [0.15, 0.2) is 29.4 Å². The summed E-state index contributed by atoms with van der Waals surface area (Å²) in [7, 11) is 0. The highest BCUT2D eigenvalue weighted by Crippen LogP contribution is 2.60. The highest BCUT2D eigenvalue weighted by atomic mass is 16.5. The van der Waals surface area contributed by atoms with Crippen molar-refractivity contribution >= 4 is 11.8 Å². The third kappa shape index (κ3) is 3.74. The van der Waals surface area contributed by atoms with Gasteiger partial charge >= 0.3 is 5.97 Å². The molecule has 154 valence electrons. The van der Waals surface area contributed by atoms with Crippen LogP contribution in [0.2, 0.25) is 0 Å². The Morgan fingerprint density at radius 2 is 2.10 bits per heavy atom. The lowest BCUT2D eigenvalue weighted by Gasteiger charge is -2.58. The predicted molar refractivity (Wildman–Crippen MR) is 107 cm³/mol. The first kappa shape index (κ1) is 19.8. The smallest absolute Gasteiger partial charge is 0.309 e. The Hall–Kier alpha value is -2.46. The van der Waals surface area contributed by atoms with Crippen molar-refractivity contribution in [2.45, 2.75) is 64.2 Å². The van der Waals surface area contributed by atoms with E-state index >= 15 is 0 Å². The Balaban J connectivity index is 1.48. The number of aliphatic carboxylic acids is 1. The molecule has 0 saturated heterocycles. The number of pyridine rings is 1. The van der Waals surface area contributed by atoms with Crippen LogP contribution in [-0.4, -0.2) is 33.5 Å². The van der Waals surface area contributed by atoms with Gasteiger partial charge in [-0.25, -0.2) is 0 Å². The zero-order valence-corrected chi connectivity index (χ0v) is 17.0. The summed E-state index contributed by atoms with van der Waals surface area (Å²) in [6.07, 6.45) is 7.98. The summed E-state index contributed by atoms with van der Waals surface area (Å²) in [4.78, 5) is 20.3. The van der Waals surface area contributed by atoms with Gasteiger partial charge in [0.2, 0.25) is 6.19 Å². The van der Waals surface area contributed by atoms with Gasteiger partial charge in [0.1, 0.15) is 11.4 Å². The lowest BCUT2D eigenvalue weighted by atomic mass is 9.48. The summed E-state index contributed by atoms with van der Waals surface area (Å²) < 4.78 is 6.08. The van der Waals surface area contributed by atoms with E-state index in [0.717, 1.165) is 25.0 Å². The van der Waals surface area contributed by atoms with Crippen LogP contribution in [-0.2, 0) is 16.1 Å². The molecule has 1 aromatic rings. The first-order valence-electron chi connectivity index (χ1n) is 10.3. The molecule has 1 heterocycles. The Kier molecular flexibility index (Phi) is 5.07. The molecule has 4 fully saturated rings. The monoisotopic (exact) mass is 396 g/mol. The number of carboxylic acid groups (broad SMARTS) is 1. The lowest BCUT2D eigenvalue weighted by Crippen LogP contribution is -2.62. The van der Waals surface area contributed by atoms with Crippen LogP contribution in [0.25, 0.3) is 0 Å². The molecule has 7 heteroatoms. The van der Waals surface area contributed by atoms with E-state index in [4.69, 9.17) is 4.74 Å². The minimum Gasteiger partial charge on any atom is -0.481 e. The minimum absolute atomic E-state index is 0.142. The van der Waals surface area contributed by atoms with Gasteiger partial charge in [0.05, 0.1) is 17.7 Å². The number of carboxylic acids is 1. The molecule has 4 aliphatic carbocycles. The standard InChI is InChI=1S/C22H28N4O3/c1-21(2,29-12-17-5-3-4-6-24-17)19(25-13-23)26-18-15-7-14-8-16(18)11-22(9-14,10-15)20(27)28/h3-6,14-16,18H,7-12H2,1-2H3,(H,25,26)(H,27,28). The van der Waals surface area contributed by atoms with Crippen LogP contribution in [0.5, 0.6) is 0 Å². The number of hydrogen-bond donors (Lipinski definition) is 2. The van der Waals surface area contributed by atoms with Gasteiger partial charge in [-0.15, -0.1) is 0 Å². The Bertz CT molecular complexity index is 829. The predicted octanol–water partition coefficient (Wildman–Crippen LogP) is 3.13. The molecule has 0 radical (unpaired) electrons. The number of nitriles is 1. The minimum atomic E-state index is -0.785. The number of amidine groups is 1. The largest absolute Gasteiger partial charge is 0.481 e. The highest BCUT2D eigenvalue weighted by Gasteiger charge is 2.59. The van der Waals surface area contributed by atoms with Crippen molar-refractivity contribution in [3.63, 3.8) is 0 Å². The number of aromatic nitrogens is 1. The van der Waals surface area contributed by atoms with E-state index in [9.17, 15) is 15.2 Å². The molecule has 1 aromatic heterocycles. The number of nitrogens with one attached hydrogen (secondary N) is 1. The highest BCUT2D eigenvalue weighted by molar-refractivity contribution is 5.91. The molecular formula is C22H28N4O3. The Morgan fingerprint density at radius 3 is 2.69 bits per heavy atom. The van der Waals surface area contributed by atoms with Crippen molar-refractivity contribution in [1.82, 2.24) is 10.3 Å². The van der Waals surface area contributed by atoms with E-state index in [0.29, 0.717) is 43.0 Å². The molecule has 4 saturated carbocycles. The molecule has 5 rings (SSSR count). The molecule has 4 bridgehead atoms. The topological polar surface area (TPSA) is 108 Å². The van der Waals surface area contributed by atoms with Crippen molar-refractivity contribution in [2.75, 3.05) is 0 Å². The van der Waals surface area contributed by atoms with Crippen LogP contribution in [0, 0.1) is 34.6 Å². The van der Waals surface area contributed by atoms with Gasteiger partial charge < -0.3 is 15.2 Å². The van der Waals surface area contributed by atoms with Crippen molar-refractivity contribution < 1.29 is 14.6 Å². The third-order valence-electron chi connectivity index (χ3n) is 7.07. The number of carbonyl (C=O) groups is 1. The zero-order valence-electron chi connectivity index (χ0n) is 17.0. The number of rotatable bonds is 6.